The number of nitrogens with zero attached hydrogens (tertiary/aromatic N) is 6. The fourth-order valence-electron chi connectivity index (χ4n) is 7.12. The van der Waals surface area contributed by atoms with Gasteiger partial charge in [-0.3, -0.25) is 9.69 Å². The molecule has 3 aliphatic heterocycles. The number of aryl methyl sites for hydroxylation is 1. The number of alkyl halides is 3. The number of hydrogen-bond acceptors (Lipinski definition) is 8. The molecule has 4 aromatic rings. The van der Waals surface area contributed by atoms with E-state index in [0.717, 1.165) is 79.2 Å². The molecule has 1 amide bonds. The molecular weight excluding hydrogens is 591 g/mol. The molecule has 7 rings (SSSR count). The molecular formula is C31H32F3N7O2S. The van der Waals surface area contributed by atoms with Crippen molar-refractivity contribution in [3.8, 4) is 6.07 Å². The second-order valence-electron chi connectivity index (χ2n) is 12.3. The number of morpholine rings is 1. The van der Waals surface area contributed by atoms with Gasteiger partial charge in [0.25, 0.3) is 0 Å². The Hall–Kier alpha value is -3.73. The topological polar surface area (TPSA) is 99.3 Å². The van der Waals surface area contributed by atoms with Crippen molar-refractivity contribution in [3.63, 3.8) is 0 Å². The molecule has 44 heavy (non-hydrogen) atoms. The normalized spacial score (nSPS) is 22.8. The van der Waals surface area contributed by atoms with Crippen LogP contribution < -0.4 is 10.2 Å². The number of ether oxygens (including phenoxy) is 1. The molecule has 0 aliphatic carbocycles. The summed E-state index contributed by atoms with van der Waals surface area (Å²) >= 11 is 1.09. The number of anilines is 1. The van der Waals surface area contributed by atoms with Crippen molar-refractivity contribution < 1.29 is 22.7 Å². The monoisotopic (exact) mass is 623 g/mol. The van der Waals surface area contributed by atoms with Crippen molar-refractivity contribution in [2.75, 3.05) is 44.2 Å². The van der Waals surface area contributed by atoms with E-state index >= 15 is 0 Å². The summed E-state index contributed by atoms with van der Waals surface area (Å²) in [6.45, 7) is 7.39. The summed E-state index contributed by atoms with van der Waals surface area (Å²) in [5, 5.41) is 14.4. The number of thiophene rings is 1. The van der Waals surface area contributed by atoms with Gasteiger partial charge in [-0.25, -0.2) is 9.97 Å². The minimum Gasteiger partial charge on any atom is -0.365 e. The van der Waals surface area contributed by atoms with Crippen molar-refractivity contribution in [1.29, 1.82) is 5.26 Å². The molecule has 1 spiro atoms. The van der Waals surface area contributed by atoms with E-state index in [1.165, 1.54) is 11.9 Å². The Morgan fingerprint density at radius 1 is 1.18 bits per heavy atom. The van der Waals surface area contributed by atoms with Crippen LogP contribution in [-0.4, -0.2) is 77.0 Å². The maximum absolute atomic E-state index is 13.0. The Kier molecular flexibility index (Phi) is 7.26. The van der Waals surface area contributed by atoms with E-state index in [1.54, 1.807) is 6.07 Å². The third kappa shape index (κ3) is 5.50. The zero-order chi connectivity index (χ0) is 30.6. The van der Waals surface area contributed by atoms with Crippen molar-refractivity contribution in [1.82, 2.24) is 24.8 Å². The van der Waals surface area contributed by atoms with Crippen LogP contribution in [0.4, 0.5) is 19.0 Å². The van der Waals surface area contributed by atoms with Crippen LogP contribution in [0, 0.1) is 23.7 Å². The van der Waals surface area contributed by atoms with E-state index in [0.29, 0.717) is 29.0 Å². The number of amides is 1. The van der Waals surface area contributed by atoms with Gasteiger partial charge >= 0.3 is 6.18 Å². The van der Waals surface area contributed by atoms with Crippen molar-refractivity contribution >= 4 is 44.2 Å². The number of halogens is 3. The average molecular weight is 624 g/mol. The van der Waals surface area contributed by atoms with Gasteiger partial charge in [0.2, 0.25) is 5.91 Å². The second-order valence-corrected chi connectivity index (χ2v) is 13.4. The number of benzene rings is 1. The number of carbonyl (C=O) groups is 1. The number of carbonyl (C=O) groups excluding carboxylic acids is 1. The predicted molar refractivity (Wildman–Crippen MR) is 160 cm³/mol. The number of likely N-dealkylation sites (tertiary alicyclic amines) is 1. The molecule has 230 valence electrons. The number of fused-ring (bicyclic) bond motifs is 2. The molecule has 1 N–H and O–H groups in total. The highest BCUT2D eigenvalue weighted by molar-refractivity contribution is 7.18. The van der Waals surface area contributed by atoms with Crippen LogP contribution in [-0.2, 0) is 29.0 Å². The second kappa shape index (κ2) is 11.0. The number of hydrogen-bond donors (Lipinski definition) is 1. The highest BCUT2D eigenvalue weighted by Crippen LogP contribution is 2.43. The Balaban J connectivity index is 1.05. The molecule has 13 heteroatoms. The molecule has 6 heterocycles. The molecule has 0 saturated carbocycles. The molecule has 3 aromatic heterocycles. The van der Waals surface area contributed by atoms with Crippen LogP contribution in [0.25, 0.3) is 21.1 Å². The van der Waals surface area contributed by atoms with E-state index < -0.39 is 12.6 Å². The van der Waals surface area contributed by atoms with E-state index in [-0.39, 0.29) is 28.9 Å². The lowest BCUT2D eigenvalue weighted by molar-refractivity contribution is -0.133. The highest BCUT2D eigenvalue weighted by atomic mass is 32.1. The fraction of sp³-hybridized carbons (Fsp3) is 0.484. The summed E-state index contributed by atoms with van der Waals surface area (Å²) in [5.74, 6) is 0.607. The maximum atomic E-state index is 13.0. The Bertz CT molecular complexity index is 1780. The van der Waals surface area contributed by atoms with Gasteiger partial charge in [0.1, 0.15) is 35.3 Å². The summed E-state index contributed by atoms with van der Waals surface area (Å²) in [6, 6.07) is 10.1. The first-order valence-electron chi connectivity index (χ1n) is 14.8. The van der Waals surface area contributed by atoms with Crippen LogP contribution in [0.3, 0.4) is 0 Å². The van der Waals surface area contributed by atoms with Gasteiger partial charge in [-0.1, -0.05) is 6.07 Å². The summed E-state index contributed by atoms with van der Waals surface area (Å²) < 4.78 is 46.7. The van der Waals surface area contributed by atoms with Crippen molar-refractivity contribution in [2.45, 2.75) is 51.6 Å². The third-order valence-corrected chi connectivity index (χ3v) is 10.4. The zero-order valence-electron chi connectivity index (χ0n) is 24.3. The fourth-order valence-corrected chi connectivity index (χ4v) is 8.14. The van der Waals surface area contributed by atoms with Gasteiger partial charge in [-0.15, -0.1) is 11.3 Å². The molecule has 0 bridgehead atoms. The Morgan fingerprint density at radius 3 is 2.80 bits per heavy atom. The van der Waals surface area contributed by atoms with Crippen molar-refractivity contribution in [2.24, 2.45) is 5.41 Å². The third-order valence-electron chi connectivity index (χ3n) is 9.33. The summed E-state index contributed by atoms with van der Waals surface area (Å²) in [6.07, 6.45) is -1.88. The number of nitriles is 1. The standard InChI is InChI=1S/C31H32F3N7O2S/c1-19-20(2-3-26-24(19)8-21(11-35)41(26)14-22-12-36-27(42)15-43-22)13-39-6-4-30(16-39)5-7-40(17-30)28-25-9-23(10-31(32,33)34)44-29(25)38-18-37-28/h2-3,8-9,18,22H,4-7,10,12-17H2,1H3,(H,36,42)/t22-,30?/m0/s1. The highest BCUT2D eigenvalue weighted by Gasteiger charge is 2.44. The SMILES string of the molecule is Cc1c(CN2CCC3(CCN(c4ncnc5sc(CC(F)(F)F)cc45)C3)C2)ccc2c1cc(C#N)n2C[C@@H]1CNC(=O)CO1. The van der Waals surface area contributed by atoms with Gasteiger partial charge in [-0.05, 0) is 55.6 Å². The molecule has 9 nitrogen and oxygen atoms in total. The molecule has 1 aromatic carbocycles. The molecule has 1 unspecified atom stereocenters. The quantitative estimate of drug-likeness (QED) is 0.337. The Morgan fingerprint density at radius 2 is 2.02 bits per heavy atom. The summed E-state index contributed by atoms with van der Waals surface area (Å²) in [5.41, 5.74) is 4.03. The minimum atomic E-state index is -4.26. The summed E-state index contributed by atoms with van der Waals surface area (Å²) in [7, 11) is 0. The zero-order valence-corrected chi connectivity index (χ0v) is 25.1. The summed E-state index contributed by atoms with van der Waals surface area (Å²) in [4.78, 5) is 25.8. The largest absolute Gasteiger partial charge is 0.393 e. The number of aromatic nitrogens is 3. The van der Waals surface area contributed by atoms with Crippen LogP contribution in [0.1, 0.15) is 34.5 Å². The van der Waals surface area contributed by atoms with Gasteiger partial charge < -0.3 is 19.5 Å². The molecule has 2 atom stereocenters. The van der Waals surface area contributed by atoms with Crippen LogP contribution >= 0.6 is 11.3 Å². The first-order chi connectivity index (χ1) is 21.1. The minimum absolute atomic E-state index is 0.0320. The van der Waals surface area contributed by atoms with Gasteiger partial charge in [0.15, 0.2) is 0 Å². The van der Waals surface area contributed by atoms with E-state index in [2.05, 4.69) is 50.2 Å². The molecule has 0 radical (unpaired) electrons. The predicted octanol–water partition coefficient (Wildman–Crippen LogP) is 4.55. The van der Waals surface area contributed by atoms with Crippen LogP contribution in [0.2, 0.25) is 0 Å². The van der Waals surface area contributed by atoms with Crippen LogP contribution in [0.15, 0.2) is 30.6 Å². The lowest BCUT2D eigenvalue weighted by Gasteiger charge is -2.26. The molecule has 3 aliphatic rings. The van der Waals surface area contributed by atoms with Gasteiger partial charge in [0, 0.05) is 53.9 Å². The van der Waals surface area contributed by atoms with Crippen LogP contribution in [0.5, 0.6) is 0 Å². The molecule has 3 fully saturated rings. The Labute approximate surface area is 256 Å². The smallest absolute Gasteiger partial charge is 0.365 e. The van der Waals surface area contributed by atoms with Crippen molar-refractivity contribution in [3.05, 3.63) is 52.3 Å². The lowest BCUT2D eigenvalue weighted by atomic mass is 9.86. The van der Waals surface area contributed by atoms with Gasteiger partial charge in [0.05, 0.1) is 24.5 Å². The number of nitrogens with one attached hydrogen (secondary N) is 1. The van der Waals surface area contributed by atoms with E-state index in [1.807, 2.05) is 10.6 Å². The maximum Gasteiger partial charge on any atom is 0.393 e. The first-order valence-corrected chi connectivity index (χ1v) is 15.6. The van der Waals surface area contributed by atoms with E-state index in [9.17, 15) is 23.2 Å². The first kappa shape index (κ1) is 29.0. The molecule has 3 saturated heterocycles. The van der Waals surface area contributed by atoms with Gasteiger partial charge in [-0.2, -0.15) is 18.4 Å². The number of rotatable bonds is 6. The average Bonchev–Trinajstić information content (AvgIpc) is 3.76. The van der Waals surface area contributed by atoms with E-state index in [4.69, 9.17) is 4.74 Å². The lowest BCUT2D eigenvalue weighted by Crippen LogP contribution is -2.44.